The molecule has 86 valence electrons. The molecule has 1 fully saturated rings. The first kappa shape index (κ1) is 12.5. The summed E-state index contributed by atoms with van der Waals surface area (Å²) >= 11 is 0. The first-order valence-electron chi connectivity index (χ1n) is 6.07. The van der Waals surface area contributed by atoms with E-state index in [4.69, 9.17) is 5.26 Å². The molecule has 0 aromatic carbocycles. The number of nitrogens with one attached hydrogen (secondary N) is 1. The van der Waals surface area contributed by atoms with Gasteiger partial charge in [0, 0.05) is 12.6 Å². The monoisotopic (exact) mass is 208 g/mol. The molecule has 0 amide bonds. The van der Waals surface area contributed by atoms with Crippen molar-refractivity contribution in [2.24, 2.45) is 17.3 Å². The summed E-state index contributed by atoms with van der Waals surface area (Å²) < 4.78 is 0. The first-order valence-corrected chi connectivity index (χ1v) is 6.07. The second-order valence-electron chi connectivity index (χ2n) is 5.99. The zero-order valence-electron chi connectivity index (χ0n) is 10.5. The first-order chi connectivity index (χ1) is 6.93. The topological polar surface area (TPSA) is 35.8 Å². The SMILES string of the molecule is CC1CC(C)CC(NCC(C)(C)C#N)C1. The highest BCUT2D eigenvalue weighted by atomic mass is 14.9. The standard InChI is InChI=1S/C13H24N2/c1-10-5-11(2)7-12(6-10)15-9-13(3,4)8-14/h10-12,15H,5-7,9H2,1-4H3. The minimum absolute atomic E-state index is 0.232. The van der Waals surface area contributed by atoms with E-state index in [1.165, 1.54) is 19.3 Å². The third kappa shape index (κ3) is 4.22. The van der Waals surface area contributed by atoms with Gasteiger partial charge in [-0.05, 0) is 44.9 Å². The second-order valence-corrected chi connectivity index (χ2v) is 5.99. The van der Waals surface area contributed by atoms with E-state index < -0.39 is 0 Å². The van der Waals surface area contributed by atoms with E-state index in [1.54, 1.807) is 0 Å². The van der Waals surface area contributed by atoms with Crippen molar-refractivity contribution in [3.05, 3.63) is 0 Å². The predicted octanol–water partition coefficient (Wildman–Crippen LogP) is 2.95. The van der Waals surface area contributed by atoms with Gasteiger partial charge in [-0.1, -0.05) is 13.8 Å². The van der Waals surface area contributed by atoms with Crippen LogP contribution in [0.1, 0.15) is 47.0 Å². The molecule has 0 bridgehead atoms. The lowest BCUT2D eigenvalue weighted by Gasteiger charge is -2.33. The Morgan fingerprint density at radius 3 is 2.20 bits per heavy atom. The molecule has 1 aliphatic carbocycles. The molecule has 0 radical (unpaired) electrons. The average Bonchev–Trinajstić information content (AvgIpc) is 2.14. The second kappa shape index (κ2) is 4.99. The van der Waals surface area contributed by atoms with Crippen molar-refractivity contribution in [2.45, 2.75) is 53.0 Å². The Morgan fingerprint density at radius 2 is 1.73 bits per heavy atom. The van der Waals surface area contributed by atoms with Gasteiger partial charge in [0.2, 0.25) is 0 Å². The summed E-state index contributed by atoms with van der Waals surface area (Å²) in [7, 11) is 0. The Kier molecular flexibility index (Phi) is 4.16. The van der Waals surface area contributed by atoms with E-state index >= 15 is 0 Å². The van der Waals surface area contributed by atoms with Gasteiger partial charge < -0.3 is 5.32 Å². The van der Waals surface area contributed by atoms with Crippen molar-refractivity contribution in [3.63, 3.8) is 0 Å². The van der Waals surface area contributed by atoms with E-state index in [0.717, 1.165) is 18.4 Å². The molecule has 2 atom stereocenters. The van der Waals surface area contributed by atoms with Gasteiger partial charge in [-0.3, -0.25) is 0 Å². The highest BCUT2D eigenvalue weighted by molar-refractivity contribution is 4.94. The molecule has 2 heteroatoms. The van der Waals surface area contributed by atoms with Crippen LogP contribution in [0.25, 0.3) is 0 Å². The molecule has 0 aliphatic heterocycles. The van der Waals surface area contributed by atoms with Gasteiger partial charge in [0.1, 0.15) is 0 Å². The molecule has 0 aromatic heterocycles. The van der Waals surface area contributed by atoms with Gasteiger partial charge >= 0.3 is 0 Å². The predicted molar refractivity (Wildman–Crippen MR) is 63.4 cm³/mol. The van der Waals surface area contributed by atoms with Crippen LogP contribution >= 0.6 is 0 Å². The zero-order valence-corrected chi connectivity index (χ0v) is 10.5. The van der Waals surface area contributed by atoms with Crippen LogP contribution in [-0.2, 0) is 0 Å². The quantitative estimate of drug-likeness (QED) is 0.774. The summed E-state index contributed by atoms with van der Waals surface area (Å²) in [6.07, 6.45) is 3.90. The summed E-state index contributed by atoms with van der Waals surface area (Å²) in [5.74, 6) is 1.66. The Morgan fingerprint density at radius 1 is 1.20 bits per heavy atom. The van der Waals surface area contributed by atoms with Gasteiger partial charge in [-0.15, -0.1) is 0 Å². The minimum atomic E-state index is -0.232. The van der Waals surface area contributed by atoms with Crippen molar-refractivity contribution in [2.75, 3.05) is 6.54 Å². The highest BCUT2D eigenvalue weighted by Crippen LogP contribution is 2.28. The minimum Gasteiger partial charge on any atom is -0.312 e. The summed E-state index contributed by atoms with van der Waals surface area (Å²) in [5.41, 5.74) is -0.232. The summed E-state index contributed by atoms with van der Waals surface area (Å²) in [4.78, 5) is 0. The van der Waals surface area contributed by atoms with E-state index in [1.807, 2.05) is 13.8 Å². The third-order valence-corrected chi connectivity index (χ3v) is 3.31. The Bertz CT molecular complexity index is 229. The fraction of sp³-hybridized carbons (Fsp3) is 0.923. The molecule has 2 unspecified atom stereocenters. The number of hydrogen-bond acceptors (Lipinski definition) is 2. The summed E-state index contributed by atoms with van der Waals surface area (Å²) in [5, 5.41) is 12.5. The Balaban J connectivity index is 2.36. The lowest BCUT2D eigenvalue weighted by Crippen LogP contribution is -2.40. The van der Waals surface area contributed by atoms with E-state index in [0.29, 0.717) is 6.04 Å². The van der Waals surface area contributed by atoms with Crippen LogP contribution in [0.2, 0.25) is 0 Å². The molecule has 0 saturated heterocycles. The van der Waals surface area contributed by atoms with Crippen molar-refractivity contribution in [3.8, 4) is 6.07 Å². The number of nitrogens with zero attached hydrogens (tertiary/aromatic N) is 1. The van der Waals surface area contributed by atoms with Gasteiger partial charge in [0.05, 0.1) is 11.5 Å². The van der Waals surface area contributed by atoms with Crippen LogP contribution in [0, 0.1) is 28.6 Å². The largest absolute Gasteiger partial charge is 0.312 e. The fourth-order valence-corrected chi connectivity index (χ4v) is 2.55. The lowest BCUT2D eigenvalue weighted by molar-refractivity contribution is 0.228. The van der Waals surface area contributed by atoms with Gasteiger partial charge in [0.25, 0.3) is 0 Å². The highest BCUT2D eigenvalue weighted by Gasteiger charge is 2.25. The van der Waals surface area contributed by atoms with Crippen molar-refractivity contribution in [1.82, 2.24) is 5.32 Å². The number of hydrogen-bond donors (Lipinski definition) is 1. The molecule has 1 rings (SSSR count). The maximum absolute atomic E-state index is 8.94. The molecule has 1 N–H and O–H groups in total. The molecular weight excluding hydrogens is 184 g/mol. The van der Waals surface area contributed by atoms with Gasteiger partial charge in [-0.25, -0.2) is 0 Å². The zero-order chi connectivity index (χ0) is 11.5. The van der Waals surface area contributed by atoms with Crippen LogP contribution in [0.4, 0.5) is 0 Å². The van der Waals surface area contributed by atoms with E-state index in [-0.39, 0.29) is 5.41 Å². The molecule has 1 saturated carbocycles. The van der Waals surface area contributed by atoms with Gasteiger partial charge in [0.15, 0.2) is 0 Å². The average molecular weight is 208 g/mol. The summed E-state index contributed by atoms with van der Waals surface area (Å²) in [6.45, 7) is 9.47. The lowest BCUT2D eigenvalue weighted by atomic mass is 9.80. The maximum atomic E-state index is 8.94. The van der Waals surface area contributed by atoms with Crippen LogP contribution in [-0.4, -0.2) is 12.6 Å². The number of rotatable bonds is 3. The normalized spacial score (nSPS) is 32.3. The van der Waals surface area contributed by atoms with Crippen LogP contribution in [0.15, 0.2) is 0 Å². The van der Waals surface area contributed by atoms with Crippen molar-refractivity contribution in [1.29, 1.82) is 5.26 Å². The third-order valence-electron chi connectivity index (χ3n) is 3.31. The molecule has 15 heavy (non-hydrogen) atoms. The molecular formula is C13H24N2. The van der Waals surface area contributed by atoms with Crippen molar-refractivity contribution >= 4 is 0 Å². The molecule has 0 spiro atoms. The van der Waals surface area contributed by atoms with Crippen LogP contribution in [0.3, 0.4) is 0 Å². The van der Waals surface area contributed by atoms with Crippen molar-refractivity contribution < 1.29 is 0 Å². The maximum Gasteiger partial charge on any atom is 0.0697 e. The Hall–Kier alpha value is -0.550. The molecule has 2 nitrogen and oxygen atoms in total. The van der Waals surface area contributed by atoms with Crippen LogP contribution in [0.5, 0.6) is 0 Å². The van der Waals surface area contributed by atoms with E-state index in [9.17, 15) is 0 Å². The molecule has 1 aliphatic rings. The molecule has 0 heterocycles. The molecule has 0 aromatic rings. The van der Waals surface area contributed by atoms with E-state index in [2.05, 4.69) is 25.2 Å². The smallest absolute Gasteiger partial charge is 0.0697 e. The summed E-state index contributed by atoms with van der Waals surface area (Å²) in [6, 6.07) is 2.96. The Labute approximate surface area is 94.1 Å². The van der Waals surface area contributed by atoms with Gasteiger partial charge in [-0.2, -0.15) is 5.26 Å². The van der Waals surface area contributed by atoms with Crippen LogP contribution < -0.4 is 5.32 Å². The number of nitriles is 1. The fourth-order valence-electron chi connectivity index (χ4n) is 2.55.